The third kappa shape index (κ3) is 6.64. The van der Waals surface area contributed by atoms with Gasteiger partial charge in [0.2, 0.25) is 0 Å². The van der Waals surface area contributed by atoms with Crippen LogP contribution in [0.3, 0.4) is 0 Å². The molecule has 0 radical (unpaired) electrons. The number of carboxylic acid groups (broad SMARTS) is 1. The second-order valence-electron chi connectivity index (χ2n) is 6.93. The van der Waals surface area contributed by atoms with Crippen LogP contribution < -0.4 is 10.6 Å². The molecule has 0 spiro atoms. The molecule has 0 fully saturated rings. The van der Waals surface area contributed by atoms with Crippen LogP contribution in [0.1, 0.15) is 65.0 Å². The van der Waals surface area contributed by atoms with E-state index in [1.165, 1.54) is 11.3 Å². The summed E-state index contributed by atoms with van der Waals surface area (Å²) in [6.07, 6.45) is 5.08. The van der Waals surface area contributed by atoms with E-state index in [-0.39, 0.29) is 12.3 Å². The van der Waals surface area contributed by atoms with Crippen molar-refractivity contribution < 1.29 is 14.7 Å². The molecule has 0 saturated heterocycles. The number of nitrogens with zero attached hydrogens (tertiary/aromatic N) is 1. The van der Waals surface area contributed by atoms with Crippen LogP contribution in [-0.2, 0) is 4.79 Å². The number of hydrogen-bond acceptors (Lipinski definition) is 5. The Bertz CT molecular complexity index is 798. The van der Waals surface area contributed by atoms with Gasteiger partial charge in [-0.3, -0.25) is 14.9 Å². The molecule has 0 saturated carbocycles. The van der Waals surface area contributed by atoms with Crippen molar-refractivity contribution in [1.29, 1.82) is 0 Å². The molecule has 1 amide bonds. The largest absolute Gasteiger partial charge is 0.481 e. The van der Waals surface area contributed by atoms with Crippen LogP contribution in [0.2, 0.25) is 0 Å². The highest BCUT2D eigenvalue weighted by Crippen LogP contribution is 2.24. The molecule has 2 aromatic rings. The van der Waals surface area contributed by atoms with Crippen molar-refractivity contribution in [3.8, 4) is 0 Å². The molecule has 0 atom stereocenters. The van der Waals surface area contributed by atoms with Gasteiger partial charge in [0.1, 0.15) is 0 Å². The highest BCUT2D eigenvalue weighted by atomic mass is 32.1. The van der Waals surface area contributed by atoms with Gasteiger partial charge in [-0.25, -0.2) is 4.98 Å². The number of aliphatic carboxylic acids is 1. The molecule has 0 unspecified atom stereocenters. The SMILES string of the molecule is Cc1nc(NC(=O)c2cccc(NCCCCCCCC(=O)O)c2C)sc1C. The van der Waals surface area contributed by atoms with Crippen LogP contribution in [0, 0.1) is 20.8 Å². The van der Waals surface area contributed by atoms with E-state index in [4.69, 9.17) is 5.11 Å². The number of thiazole rings is 1. The number of carbonyl (C=O) groups excluding carboxylic acids is 1. The lowest BCUT2D eigenvalue weighted by molar-refractivity contribution is -0.137. The van der Waals surface area contributed by atoms with Crippen LogP contribution in [0.4, 0.5) is 10.8 Å². The minimum absolute atomic E-state index is 0.145. The summed E-state index contributed by atoms with van der Waals surface area (Å²) >= 11 is 1.48. The molecule has 3 N–H and O–H groups in total. The summed E-state index contributed by atoms with van der Waals surface area (Å²) in [6.45, 7) is 6.70. The van der Waals surface area contributed by atoms with Gasteiger partial charge in [0, 0.05) is 29.1 Å². The van der Waals surface area contributed by atoms with Crippen LogP contribution in [0.15, 0.2) is 18.2 Å². The van der Waals surface area contributed by atoms with Gasteiger partial charge in [-0.2, -0.15) is 0 Å². The molecular weight excluding hydrogens is 374 g/mol. The molecule has 152 valence electrons. The lowest BCUT2D eigenvalue weighted by Crippen LogP contribution is -2.14. The van der Waals surface area contributed by atoms with Crippen molar-refractivity contribution in [2.24, 2.45) is 0 Å². The average molecular weight is 404 g/mol. The Labute approximate surface area is 170 Å². The van der Waals surface area contributed by atoms with E-state index in [1.807, 2.05) is 39.0 Å². The molecule has 6 nitrogen and oxygen atoms in total. The molecule has 0 aliphatic carbocycles. The maximum atomic E-state index is 12.6. The molecule has 0 aliphatic rings. The zero-order valence-corrected chi connectivity index (χ0v) is 17.6. The number of carbonyl (C=O) groups is 2. The Morgan fingerprint density at radius 1 is 1.07 bits per heavy atom. The fourth-order valence-electron chi connectivity index (χ4n) is 2.92. The first-order valence-electron chi connectivity index (χ1n) is 9.69. The van der Waals surface area contributed by atoms with Gasteiger partial charge in [0.25, 0.3) is 5.91 Å². The number of nitrogens with one attached hydrogen (secondary N) is 2. The summed E-state index contributed by atoms with van der Waals surface area (Å²) in [4.78, 5) is 28.6. The number of amides is 1. The maximum Gasteiger partial charge on any atom is 0.303 e. The van der Waals surface area contributed by atoms with Gasteiger partial charge in [0.05, 0.1) is 5.69 Å². The molecule has 1 heterocycles. The molecule has 1 aromatic heterocycles. The maximum absolute atomic E-state index is 12.6. The van der Waals surface area contributed by atoms with E-state index in [1.54, 1.807) is 0 Å². The van der Waals surface area contributed by atoms with Crippen molar-refractivity contribution in [2.45, 2.75) is 59.3 Å². The number of aromatic nitrogens is 1. The number of rotatable bonds is 11. The van der Waals surface area contributed by atoms with E-state index in [2.05, 4.69) is 15.6 Å². The summed E-state index contributed by atoms with van der Waals surface area (Å²) in [7, 11) is 0. The van der Waals surface area contributed by atoms with Crippen molar-refractivity contribution in [2.75, 3.05) is 17.2 Å². The highest BCUT2D eigenvalue weighted by Gasteiger charge is 2.14. The van der Waals surface area contributed by atoms with Crippen LogP contribution in [-0.4, -0.2) is 28.5 Å². The van der Waals surface area contributed by atoms with Crippen LogP contribution in [0.25, 0.3) is 0 Å². The Morgan fingerprint density at radius 3 is 2.46 bits per heavy atom. The van der Waals surface area contributed by atoms with E-state index in [9.17, 15) is 9.59 Å². The van der Waals surface area contributed by atoms with Crippen LogP contribution >= 0.6 is 11.3 Å². The lowest BCUT2D eigenvalue weighted by atomic mass is 10.1. The molecule has 1 aromatic carbocycles. The number of carboxylic acids is 1. The first kappa shape index (κ1) is 21.9. The van der Waals surface area contributed by atoms with Crippen LogP contribution in [0.5, 0.6) is 0 Å². The Balaban J connectivity index is 1.81. The van der Waals surface area contributed by atoms with Gasteiger partial charge in [-0.05, 0) is 51.3 Å². The smallest absolute Gasteiger partial charge is 0.303 e. The second-order valence-corrected chi connectivity index (χ2v) is 8.13. The lowest BCUT2D eigenvalue weighted by Gasteiger charge is -2.13. The molecule has 7 heteroatoms. The van der Waals surface area contributed by atoms with E-state index < -0.39 is 5.97 Å². The molecular formula is C21H29N3O3S. The Kier molecular flexibility index (Phi) is 8.44. The van der Waals surface area contributed by atoms with Crippen molar-refractivity contribution in [3.63, 3.8) is 0 Å². The molecule has 0 aliphatic heterocycles. The standard InChI is InChI=1S/C21H29N3O3S/c1-14-17(20(27)24-21-23-15(2)16(3)28-21)10-9-11-18(14)22-13-8-6-4-5-7-12-19(25)26/h9-11,22H,4-8,12-13H2,1-3H3,(H,25,26)(H,23,24,27). The minimum atomic E-state index is -0.721. The monoisotopic (exact) mass is 403 g/mol. The fraction of sp³-hybridized carbons (Fsp3) is 0.476. The molecule has 28 heavy (non-hydrogen) atoms. The predicted molar refractivity (Wildman–Crippen MR) is 115 cm³/mol. The summed E-state index contributed by atoms with van der Waals surface area (Å²) in [5, 5.41) is 15.5. The number of benzene rings is 1. The van der Waals surface area contributed by atoms with Gasteiger partial charge >= 0.3 is 5.97 Å². The summed E-state index contributed by atoms with van der Waals surface area (Å²) in [6, 6.07) is 5.69. The Morgan fingerprint density at radius 2 is 1.79 bits per heavy atom. The normalized spacial score (nSPS) is 10.7. The molecule has 2 rings (SSSR count). The summed E-state index contributed by atoms with van der Waals surface area (Å²) in [5.74, 6) is -0.866. The van der Waals surface area contributed by atoms with Gasteiger partial charge < -0.3 is 10.4 Å². The second kappa shape index (κ2) is 10.8. The average Bonchev–Trinajstić information content (AvgIpc) is 2.95. The first-order valence-corrected chi connectivity index (χ1v) is 10.5. The van der Waals surface area contributed by atoms with Gasteiger partial charge in [-0.1, -0.05) is 25.3 Å². The molecule has 0 bridgehead atoms. The topological polar surface area (TPSA) is 91.3 Å². The predicted octanol–water partition coefficient (Wildman–Crippen LogP) is 5.16. The fourth-order valence-corrected chi connectivity index (χ4v) is 3.73. The summed E-state index contributed by atoms with van der Waals surface area (Å²) in [5.41, 5.74) is 3.47. The van der Waals surface area contributed by atoms with Gasteiger partial charge in [0.15, 0.2) is 5.13 Å². The zero-order valence-electron chi connectivity index (χ0n) is 16.8. The van der Waals surface area contributed by atoms with E-state index in [0.29, 0.717) is 10.7 Å². The third-order valence-corrected chi connectivity index (χ3v) is 5.70. The minimum Gasteiger partial charge on any atom is -0.481 e. The van der Waals surface area contributed by atoms with Crippen molar-refractivity contribution in [1.82, 2.24) is 4.98 Å². The number of anilines is 2. The number of aryl methyl sites for hydroxylation is 2. The quantitative estimate of drug-likeness (QED) is 0.451. The van der Waals surface area contributed by atoms with Gasteiger partial charge in [-0.15, -0.1) is 11.3 Å². The highest BCUT2D eigenvalue weighted by molar-refractivity contribution is 7.15. The third-order valence-electron chi connectivity index (χ3n) is 4.71. The number of unbranched alkanes of at least 4 members (excludes halogenated alkanes) is 4. The van der Waals surface area contributed by atoms with Crippen molar-refractivity contribution >= 4 is 34.0 Å². The van der Waals surface area contributed by atoms with E-state index in [0.717, 1.165) is 60.5 Å². The van der Waals surface area contributed by atoms with Crippen molar-refractivity contribution in [3.05, 3.63) is 39.9 Å². The summed E-state index contributed by atoms with van der Waals surface area (Å²) < 4.78 is 0. The zero-order chi connectivity index (χ0) is 20.5. The van der Waals surface area contributed by atoms with E-state index >= 15 is 0 Å². The number of hydrogen-bond donors (Lipinski definition) is 3. The first-order chi connectivity index (χ1) is 13.4. The Hall–Kier alpha value is -2.41.